The first-order valence-electron chi connectivity index (χ1n) is 5.83. The summed E-state index contributed by atoms with van der Waals surface area (Å²) in [5.74, 6) is 0.874. The summed E-state index contributed by atoms with van der Waals surface area (Å²) in [6, 6.07) is 0. The summed E-state index contributed by atoms with van der Waals surface area (Å²) in [7, 11) is 2.23. The van der Waals surface area contributed by atoms with Gasteiger partial charge in [-0.3, -0.25) is 0 Å². The van der Waals surface area contributed by atoms with Crippen LogP contribution in [0.3, 0.4) is 0 Å². The molecular formula is C12H24N2. The Morgan fingerprint density at radius 1 is 1.50 bits per heavy atom. The lowest BCUT2D eigenvalue weighted by Crippen LogP contribution is -2.37. The van der Waals surface area contributed by atoms with Crippen molar-refractivity contribution in [2.75, 3.05) is 33.2 Å². The van der Waals surface area contributed by atoms with Gasteiger partial charge in [0.15, 0.2) is 0 Å². The van der Waals surface area contributed by atoms with Crippen LogP contribution in [0.4, 0.5) is 0 Å². The van der Waals surface area contributed by atoms with E-state index >= 15 is 0 Å². The van der Waals surface area contributed by atoms with Crippen LogP contribution in [0.2, 0.25) is 0 Å². The average molecular weight is 196 g/mol. The molecule has 1 aliphatic rings. The van der Waals surface area contributed by atoms with Crippen molar-refractivity contribution < 1.29 is 0 Å². The first-order chi connectivity index (χ1) is 6.83. The molecule has 0 aromatic heterocycles. The fraction of sp³-hybridized carbons (Fsp3) is 0.833. The summed E-state index contributed by atoms with van der Waals surface area (Å²) in [6.07, 6.45) is 8.29. The quantitative estimate of drug-likeness (QED) is 0.533. The third-order valence-corrected chi connectivity index (χ3v) is 2.88. The maximum Gasteiger partial charge on any atom is 0.00187 e. The highest BCUT2D eigenvalue weighted by molar-refractivity contribution is 4.78. The second-order valence-corrected chi connectivity index (χ2v) is 4.33. The summed E-state index contributed by atoms with van der Waals surface area (Å²) in [5, 5.41) is 3.53. The van der Waals surface area contributed by atoms with Crippen molar-refractivity contribution in [3.63, 3.8) is 0 Å². The summed E-state index contributed by atoms with van der Waals surface area (Å²) in [5.41, 5.74) is 0. The Labute approximate surface area is 88.4 Å². The number of hydrogen-bond acceptors (Lipinski definition) is 2. The topological polar surface area (TPSA) is 15.3 Å². The third kappa shape index (κ3) is 4.77. The maximum absolute atomic E-state index is 3.53. The molecule has 0 spiro atoms. The van der Waals surface area contributed by atoms with E-state index in [4.69, 9.17) is 0 Å². The Balaban J connectivity index is 2.00. The molecule has 0 amide bonds. The summed E-state index contributed by atoms with van der Waals surface area (Å²) in [4.78, 5) is 2.45. The van der Waals surface area contributed by atoms with Gasteiger partial charge in [-0.2, -0.15) is 0 Å². The Hall–Kier alpha value is -0.340. The van der Waals surface area contributed by atoms with Crippen LogP contribution in [0.25, 0.3) is 0 Å². The first kappa shape index (κ1) is 11.7. The molecule has 2 nitrogen and oxygen atoms in total. The zero-order chi connectivity index (χ0) is 10.2. The van der Waals surface area contributed by atoms with Crippen LogP contribution < -0.4 is 5.32 Å². The van der Waals surface area contributed by atoms with E-state index < -0.39 is 0 Å². The van der Waals surface area contributed by atoms with E-state index in [1.54, 1.807) is 0 Å². The summed E-state index contributed by atoms with van der Waals surface area (Å²) in [6.45, 7) is 6.97. The molecule has 1 saturated heterocycles. The van der Waals surface area contributed by atoms with Crippen LogP contribution in [0.5, 0.6) is 0 Å². The zero-order valence-electron chi connectivity index (χ0n) is 9.63. The monoisotopic (exact) mass is 196 g/mol. The lowest BCUT2D eigenvalue weighted by atomic mass is 9.98. The second-order valence-electron chi connectivity index (χ2n) is 4.33. The fourth-order valence-electron chi connectivity index (χ4n) is 2.10. The standard InChI is InChI=1S/C12H24N2/c1-3-4-5-8-13-10-12-7-6-9-14(2)11-12/h3-4,12-13H,5-11H2,1-2H3/b4-3+. The molecule has 0 aromatic rings. The van der Waals surface area contributed by atoms with E-state index in [0.29, 0.717) is 0 Å². The average Bonchev–Trinajstić information content (AvgIpc) is 2.18. The van der Waals surface area contributed by atoms with E-state index in [9.17, 15) is 0 Å². The van der Waals surface area contributed by atoms with E-state index in [2.05, 4.69) is 36.3 Å². The van der Waals surface area contributed by atoms with E-state index in [1.165, 1.54) is 38.9 Å². The van der Waals surface area contributed by atoms with E-state index in [0.717, 1.165) is 12.5 Å². The predicted molar refractivity (Wildman–Crippen MR) is 62.5 cm³/mol. The van der Waals surface area contributed by atoms with Crippen LogP contribution in [-0.2, 0) is 0 Å². The molecule has 1 rings (SSSR count). The molecule has 1 N–H and O–H groups in total. The molecule has 0 radical (unpaired) electrons. The molecule has 0 saturated carbocycles. The maximum atomic E-state index is 3.53. The van der Waals surface area contributed by atoms with Gasteiger partial charge in [0, 0.05) is 6.54 Å². The minimum atomic E-state index is 0.874. The largest absolute Gasteiger partial charge is 0.316 e. The highest BCUT2D eigenvalue weighted by Crippen LogP contribution is 2.13. The summed E-state index contributed by atoms with van der Waals surface area (Å²) >= 11 is 0. The molecule has 1 unspecified atom stereocenters. The normalized spacial score (nSPS) is 24.6. The Morgan fingerprint density at radius 3 is 3.07 bits per heavy atom. The number of allylic oxidation sites excluding steroid dienone is 1. The van der Waals surface area contributed by atoms with Crippen molar-refractivity contribution in [2.45, 2.75) is 26.2 Å². The Bertz CT molecular complexity index is 166. The highest BCUT2D eigenvalue weighted by Gasteiger charge is 2.15. The number of piperidine rings is 1. The first-order valence-corrected chi connectivity index (χ1v) is 5.83. The minimum absolute atomic E-state index is 0.874. The predicted octanol–water partition coefficient (Wildman–Crippen LogP) is 1.88. The summed E-state index contributed by atoms with van der Waals surface area (Å²) < 4.78 is 0. The molecule has 0 bridgehead atoms. The molecule has 14 heavy (non-hydrogen) atoms. The van der Waals surface area contributed by atoms with Gasteiger partial charge in [-0.05, 0) is 58.8 Å². The van der Waals surface area contributed by atoms with Gasteiger partial charge < -0.3 is 10.2 Å². The highest BCUT2D eigenvalue weighted by atomic mass is 15.1. The molecule has 1 heterocycles. The van der Waals surface area contributed by atoms with Crippen molar-refractivity contribution in [1.29, 1.82) is 0 Å². The van der Waals surface area contributed by atoms with Crippen molar-refractivity contribution in [3.05, 3.63) is 12.2 Å². The van der Waals surface area contributed by atoms with Crippen molar-refractivity contribution in [1.82, 2.24) is 10.2 Å². The van der Waals surface area contributed by atoms with Crippen molar-refractivity contribution >= 4 is 0 Å². The molecular weight excluding hydrogens is 172 g/mol. The van der Waals surface area contributed by atoms with Gasteiger partial charge in [0.05, 0.1) is 0 Å². The minimum Gasteiger partial charge on any atom is -0.316 e. The number of rotatable bonds is 5. The van der Waals surface area contributed by atoms with Crippen LogP contribution in [0.1, 0.15) is 26.2 Å². The van der Waals surface area contributed by atoms with Gasteiger partial charge >= 0.3 is 0 Å². The van der Waals surface area contributed by atoms with Crippen LogP contribution in [0.15, 0.2) is 12.2 Å². The van der Waals surface area contributed by atoms with Gasteiger partial charge in [-0.15, -0.1) is 0 Å². The Kier molecular flexibility index (Phi) is 5.88. The van der Waals surface area contributed by atoms with Crippen molar-refractivity contribution in [2.24, 2.45) is 5.92 Å². The van der Waals surface area contributed by atoms with Gasteiger partial charge in [0.1, 0.15) is 0 Å². The molecule has 2 heteroatoms. The van der Waals surface area contributed by atoms with E-state index in [-0.39, 0.29) is 0 Å². The molecule has 0 aromatic carbocycles. The third-order valence-electron chi connectivity index (χ3n) is 2.88. The smallest absolute Gasteiger partial charge is 0.00187 e. The molecule has 1 fully saturated rings. The fourth-order valence-corrected chi connectivity index (χ4v) is 2.10. The van der Waals surface area contributed by atoms with Gasteiger partial charge in [-0.25, -0.2) is 0 Å². The SMILES string of the molecule is C/C=C/CCNCC1CCCN(C)C1. The number of hydrogen-bond donors (Lipinski definition) is 1. The number of nitrogens with zero attached hydrogens (tertiary/aromatic N) is 1. The van der Waals surface area contributed by atoms with Gasteiger partial charge in [0.25, 0.3) is 0 Å². The number of likely N-dealkylation sites (tertiary alicyclic amines) is 1. The Morgan fingerprint density at radius 2 is 2.36 bits per heavy atom. The van der Waals surface area contributed by atoms with Crippen LogP contribution >= 0.6 is 0 Å². The lowest BCUT2D eigenvalue weighted by molar-refractivity contribution is 0.206. The lowest BCUT2D eigenvalue weighted by Gasteiger charge is -2.29. The van der Waals surface area contributed by atoms with Crippen molar-refractivity contribution in [3.8, 4) is 0 Å². The zero-order valence-corrected chi connectivity index (χ0v) is 9.63. The van der Waals surface area contributed by atoms with E-state index in [1.807, 2.05) is 0 Å². The molecule has 0 aliphatic carbocycles. The molecule has 1 atom stereocenters. The second kappa shape index (κ2) is 7.02. The molecule has 1 aliphatic heterocycles. The van der Waals surface area contributed by atoms with Gasteiger partial charge in [0.2, 0.25) is 0 Å². The van der Waals surface area contributed by atoms with Crippen LogP contribution in [0, 0.1) is 5.92 Å². The van der Waals surface area contributed by atoms with Crippen LogP contribution in [-0.4, -0.2) is 38.1 Å². The van der Waals surface area contributed by atoms with Gasteiger partial charge in [-0.1, -0.05) is 12.2 Å². The number of nitrogens with one attached hydrogen (secondary N) is 1. The molecule has 82 valence electrons.